The number of benzene rings is 1. The number of aromatic nitrogens is 1. The number of likely N-dealkylation sites (tertiary alicyclic amines) is 1. The first-order chi connectivity index (χ1) is 12.0. The van der Waals surface area contributed by atoms with E-state index >= 15 is 0 Å². The maximum Gasteiger partial charge on any atom is 0.314 e. The molecular formula is C19H24N2O4. The predicted octanol–water partition coefficient (Wildman–Crippen LogP) is 2.75. The summed E-state index contributed by atoms with van der Waals surface area (Å²) in [5.74, 6) is -0.734. The minimum absolute atomic E-state index is 0.419. The molecule has 1 saturated heterocycles. The highest BCUT2D eigenvalue weighted by molar-refractivity contribution is 5.81. The van der Waals surface area contributed by atoms with Crippen molar-refractivity contribution < 1.29 is 19.2 Å². The van der Waals surface area contributed by atoms with Gasteiger partial charge in [0.15, 0.2) is 0 Å². The lowest BCUT2D eigenvalue weighted by atomic mass is 9.72. The molecule has 0 bridgehead atoms. The first-order valence-corrected chi connectivity index (χ1v) is 8.49. The predicted molar refractivity (Wildman–Crippen MR) is 92.2 cm³/mol. The van der Waals surface area contributed by atoms with Gasteiger partial charge in [0.25, 0.3) is 0 Å². The van der Waals surface area contributed by atoms with E-state index in [1.807, 2.05) is 31.2 Å². The normalized spacial score (nSPS) is 17.5. The molecule has 134 valence electrons. The zero-order chi connectivity index (χ0) is 17.9. The molecule has 1 aromatic heterocycles. The fourth-order valence-electron chi connectivity index (χ4n) is 3.57. The number of aliphatic carboxylic acids is 1. The molecule has 1 fully saturated rings. The Balaban J connectivity index is 1.72. The molecular weight excluding hydrogens is 320 g/mol. The number of aryl methyl sites for hydroxylation is 1. The van der Waals surface area contributed by atoms with E-state index < -0.39 is 11.4 Å². The average Bonchev–Trinajstić information content (AvgIpc) is 3.03. The monoisotopic (exact) mass is 344 g/mol. The smallest absolute Gasteiger partial charge is 0.314 e. The van der Waals surface area contributed by atoms with Crippen LogP contribution in [0.1, 0.15) is 35.2 Å². The van der Waals surface area contributed by atoms with Gasteiger partial charge in [-0.2, -0.15) is 0 Å². The lowest BCUT2D eigenvalue weighted by Gasteiger charge is -2.39. The van der Waals surface area contributed by atoms with Gasteiger partial charge in [-0.15, -0.1) is 0 Å². The Morgan fingerprint density at radius 3 is 2.80 bits per heavy atom. The lowest BCUT2D eigenvalue weighted by Crippen LogP contribution is -2.47. The highest BCUT2D eigenvalue weighted by atomic mass is 16.5. The van der Waals surface area contributed by atoms with E-state index in [1.54, 1.807) is 13.4 Å². The van der Waals surface area contributed by atoms with Gasteiger partial charge in [0.2, 0.25) is 0 Å². The summed E-state index contributed by atoms with van der Waals surface area (Å²) < 4.78 is 10.2. The van der Waals surface area contributed by atoms with Gasteiger partial charge in [-0.25, -0.2) is 0 Å². The van der Waals surface area contributed by atoms with Crippen molar-refractivity contribution in [2.75, 3.05) is 20.2 Å². The summed E-state index contributed by atoms with van der Waals surface area (Å²) in [5, 5.41) is 13.9. The molecule has 1 aromatic carbocycles. The fraction of sp³-hybridized carbons (Fsp3) is 0.474. The second-order valence-electron chi connectivity index (χ2n) is 6.75. The van der Waals surface area contributed by atoms with Crippen LogP contribution in [0.25, 0.3) is 0 Å². The molecule has 0 spiro atoms. The third-order valence-electron chi connectivity index (χ3n) is 5.09. The summed E-state index contributed by atoms with van der Waals surface area (Å²) in [6, 6.07) is 7.88. The third kappa shape index (κ3) is 3.60. The van der Waals surface area contributed by atoms with Gasteiger partial charge in [0, 0.05) is 19.2 Å². The zero-order valence-corrected chi connectivity index (χ0v) is 14.7. The van der Waals surface area contributed by atoms with Crippen LogP contribution in [0.2, 0.25) is 0 Å². The molecule has 1 aliphatic rings. The quantitative estimate of drug-likeness (QED) is 0.868. The molecule has 25 heavy (non-hydrogen) atoms. The van der Waals surface area contributed by atoms with E-state index in [4.69, 9.17) is 9.26 Å². The number of hydrogen-bond donors (Lipinski definition) is 1. The van der Waals surface area contributed by atoms with Gasteiger partial charge >= 0.3 is 5.97 Å². The number of carbonyl (C=O) groups is 1. The minimum atomic E-state index is -0.799. The van der Waals surface area contributed by atoms with Gasteiger partial charge < -0.3 is 14.4 Å². The number of carboxylic acids is 1. The van der Waals surface area contributed by atoms with Gasteiger partial charge in [-0.05, 0) is 38.4 Å². The number of ether oxygens (including phenoxy) is 1. The van der Waals surface area contributed by atoms with Crippen LogP contribution in [0.15, 0.2) is 35.1 Å². The highest BCUT2D eigenvalue weighted by Crippen LogP contribution is 2.36. The van der Waals surface area contributed by atoms with Crippen LogP contribution < -0.4 is 0 Å². The maximum atomic E-state index is 12.1. The Hall–Kier alpha value is -2.18. The van der Waals surface area contributed by atoms with Crippen molar-refractivity contribution >= 4 is 5.97 Å². The summed E-state index contributed by atoms with van der Waals surface area (Å²) in [6.07, 6.45) is 2.83. The second-order valence-corrected chi connectivity index (χ2v) is 6.75. The van der Waals surface area contributed by atoms with Crippen LogP contribution >= 0.6 is 0 Å². The van der Waals surface area contributed by atoms with Crippen molar-refractivity contribution in [3.8, 4) is 0 Å². The van der Waals surface area contributed by atoms with Gasteiger partial charge in [-0.1, -0.05) is 35.0 Å². The average molecular weight is 344 g/mol. The van der Waals surface area contributed by atoms with E-state index in [9.17, 15) is 9.90 Å². The molecule has 0 aliphatic carbocycles. The molecule has 0 amide bonds. The number of hydrogen-bond acceptors (Lipinski definition) is 5. The number of piperidine rings is 1. The first kappa shape index (κ1) is 17.6. The van der Waals surface area contributed by atoms with Crippen molar-refractivity contribution in [1.82, 2.24) is 10.1 Å². The Labute approximate surface area is 147 Å². The van der Waals surface area contributed by atoms with E-state index in [1.165, 1.54) is 0 Å². The molecule has 0 radical (unpaired) electrons. The molecule has 1 aliphatic heterocycles. The Morgan fingerprint density at radius 1 is 1.40 bits per heavy atom. The van der Waals surface area contributed by atoms with E-state index in [2.05, 4.69) is 10.1 Å². The fourth-order valence-corrected chi connectivity index (χ4v) is 3.57. The molecule has 0 atom stereocenters. The summed E-state index contributed by atoms with van der Waals surface area (Å²) in [6.45, 7) is 4.56. The largest absolute Gasteiger partial charge is 0.481 e. The third-order valence-corrected chi connectivity index (χ3v) is 5.09. The summed E-state index contributed by atoms with van der Waals surface area (Å²) >= 11 is 0. The zero-order valence-electron chi connectivity index (χ0n) is 14.7. The molecule has 0 saturated carbocycles. The van der Waals surface area contributed by atoms with E-state index in [0.29, 0.717) is 26.0 Å². The molecule has 6 nitrogen and oxygen atoms in total. The highest BCUT2D eigenvalue weighted by Gasteiger charge is 2.43. The molecule has 2 heterocycles. The van der Waals surface area contributed by atoms with Crippen molar-refractivity contribution in [2.24, 2.45) is 0 Å². The standard InChI is InChI=1S/C19H24N2O4/c1-14-4-3-5-16(10-14)19(18(22)23)6-8-21(9-7-19)11-15-12-25-20-17(15)13-24-2/h3-5,10,12H,6-9,11,13H2,1-2H3,(H,22,23). The topological polar surface area (TPSA) is 75.8 Å². The summed E-state index contributed by atoms with van der Waals surface area (Å²) in [4.78, 5) is 14.3. The van der Waals surface area contributed by atoms with Crippen molar-refractivity contribution in [1.29, 1.82) is 0 Å². The Kier molecular flexibility index (Phi) is 5.20. The molecule has 1 N–H and O–H groups in total. The minimum Gasteiger partial charge on any atom is -0.481 e. The van der Waals surface area contributed by atoms with Crippen LogP contribution in [0.5, 0.6) is 0 Å². The van der Waals surface area contributed by atoms with Crippen molar-refractivity contribution in [3.63, 3.8) is 0 Å². The Bertz CT molecular complexity index is 733. The van der Waals surface area contributed by atoms with Crippen LogP contribution in [-0.4, -0.2) is 41.3 Å². The lowest BCUT2D eigenvalue weighted by molar-refractivity contribution is -0.146. The van der Waals surface area contributed by atoms with Crippen LogP contribution in [0, 0.1) is 6.92 Å². The number of methoxy groups -OCH3 is 1. The summed E-state index contributed by atoms with van der Waals surface area (Å²) in [5.41, 5.74) is 3.00. The van der Waals surface area contributed by atoms with Crippen LogP contribution in [0.3, 0.4) is 0 Å². The maximum absolute atomic E-state index is 12.1. The molecule has 0 unspecified atom stereocenters. The first-order valence-electron chi connectivity index (χ1n) is 8.49. The number of carboxylic acid groups (broad SMARTS) is 1. The summed E-state index contributed by atoms with van der Waals surface area (Å²) in [7, 11) is 1.63. The van der Waals surface area contributed by atoms with Gasteiger partial charge in [0.1, 0.15) is 12.0 Å². The molecule has 2 aromatic rings. The number of nitrogens with zero attached hydrogens (tertiary/aromatic N) is 2. The molecule has 6 heteroatoms. The van der Waals surface area contributed by atoms with Gasteiger partial charge in [-0.3, -0.25) is 9.69 Å². The van der Waals surface area contributed by atoms with Crippen molar-refractivity contribution in [2.45, 2.75) is 38.3 Å². The van der Waals surface area contributed by atoms with Gasteiger partial charge in [0.05, 0.1) is 12.0 Å². The van der Waals surface area contributed by atoms with Crippen LogP contribution in [0.4, 0.5) is 0 Å². The second kappa shape index (κ2) is 7.37. The SMILES string of the molecule is COCc1nocc1CN1CCC(C(=O)O)(c2cccc(C)c2)CC1. The molecule has 3 rings (SSSR count). The van der Waals surface area contributed by atoms with E-state index in [-0.39, 0.29) is 0 Å². The van der Waals surface area contributed by atoms with Crippen LogP contribution in [-0.2, 0) is 28.1 Å². The van der Waals surface area contributed by atoms with E-state index in [0.717, 1.165) is 35.5 Å². The number of rotatable bonds is 6. The Morgan fingerprint density at radius 2 is 2.16 bits per heavy atom. The van der Waals surface area contributed by atoms with Crippen molar-refractivity contribution in [3.05, 3.63) is 52.9 Å².